The van der Waals surface area contributed by atoms with Crippen molar-refractivity contribution in [2.75, 3.05) is 34.2 Å². The van der Waals surface area contributed by atoms with Crippen molar-refractivity contribution in [3.8, 4) is 0 Å². The highest BCUT2D eigenvalue weighted by Gasteiger charge is 2.07. The molecule has 19 heavy (non-hydrogen) atoms. The van der Waals surface area contributed by atoms with Gasteiger partial charge in [-0.2, -0.15) is 0 Å². The van der Waals surface area contributed by atoms with Gasteiger partial charge < -0.3 is 15.5 Å². The first kappa shape index (κ1) is 18.2. The van der Waals surface area contributed by atoms with Crippen molar-refractivity contribution < 1.29 is 4.79 Å². The molecule has 0 aliphatic carbocycles. The number of thiophene rings is 1. The molecule has 0 fully saturated rings. The highest BCUT2D eigenvalue weighted by Crippen LogP contribution is 2.09. The second kappa shape index (κ2) is 10.0. The van der Waals surface area contributed by atoms with Gasteiger partial charge in [-0.25, -0.2) is 0 Å². The Morgan fingerprint density at radius 2 is 2.26 bits per heavy atom. The van der Waals surface area contributed by atoms with Crippen LogP contribution in [0.4, 0.5) is 0 Å². The average Bonchev–Trinajstić information content (AvgIpc) is 2.89. The molecule has 0 atom stereocenters. The lowest BCUT2D eigenvalue weighted by atomic mass is 10.3. The van der Waals surface area contributed by atoms with Gasteiger partial charge in [0.2, 0.25) is 5.91 Å². The van der Waals surface area contributed by atoms with Gasteiger partial charge in [0, 0.05) is 32.6 Å². The van der Waals surface area contributed by atoms with Gasteiger partial charge in [-0.1, -0.05) is 6.07 Å². The van der Waals surface area contributed by atoms with Crippen LogP contribution in [0.2, 0.25) is 0 Å². The standard InChI is InChI=1S/C12H20N4OS.HI/c1-13-11(17)9-15-12(14-2)16(3)7-6-10-5-4-8-18-10;/h4-5,8H,6-7,9H2,1-3H3,(H,13,17)(H,14,15);1H. The number of aliphatic imine (C=N–C) groups is 1. The largest absolute Gasteiger partial charge is 0.358 e. The van der Waals surface area contributed by atoms with Gasteiger partial charge >= 0.3 is 0 Å². The minimum atomic E-state index is -0.0530. The van der Waals surface area contributed by atoms with E-state index in [9.17, 15) is 4.79 Å². The Morgan fingerprint density at radius 1 is 1.53 bits per heavy atom. The number of hydrogen-bond donors (Lipinski definition) is 2. The lowest BCUT2D eigenvalue weighted by Crippen LogP contribution is -2.43. The molecule has 5 nitrogen and oxygen atoms in total. The van der Waals surface area contributed by atoms with Gasteiger partial charge in [-0.05, 0) is 17.9 Å². The summed E-state index contributed by atoms with van der Waals surface area (Å²) in [5, 5.41) is 7.66. The molecule has 1 aromatic heterocycles. The van der Waals surface area contributed by atoms with Crippen molar-refractivity contribution in [2.45, 2.75) is 6.42 Å². The minimum Gasteiger partial charge on any atom is -0.358 e. The van der Waals surface area contributed by atoms with Crippen LogP contribution in [-0.4, -0.2) is 51.0 Å². The van der Waals surface area contributed by atoms with E-state index >= 15 is 0 Å². The van der Waals surface area contributed by atoms with E-state index < -0.39 is 0 Å². The first-order valence-electron chi connectivity index (χ1n) is 5.82. The SMILES string of the molecule is CN=C(NCC(=O)NC)N(C)CCc1cccs1.I. The van der Waals surface area contributed by atoms with Crippen LogP contribution in [0.25, 0.3) is 0 Å². The average molecular weight is 396 g/mol. The smallest absolute Gasteiger partial charge is 0.239 e. The van der Waals surface area contributed by atoms with Gasteiger partial charge in [0.15, 0.2) is 5.96 Å². The molecule has 1 rings (SSSR count). The van der Waals surface area contributed by atoms with Crippen LogP contribution in [0.3, 0.4) is 0 Å². The quantitative estimate of drug-likeness (QED) is 0.446. The number of guanidine groups is 1. The van der Waals surface area contributed by atoms with Crippen molar-refractivity contribution in [1.82, 2.24) is 15.5 Å². The van der Waals surface area contributed by atoms with Crippen LogP contribution in [-0.2, 0) is 11.2 Å². The number of nitrogens with one attached hydrogen (secondary N) is 2. The predicted molar refractivity (Wildman–Crippen MR) is 91.5 cm³/mol. The molecular weight excluding hydrogens is 375 g/mol. The van der Waals surface area contributed by atoms with E-state index in [1.807, 2.05) is 11.9 Å². The maximum atomic E-state index is 11.2. The third kappa shape index (κ3) is 6.76. The summed E-state index contributed by atoms with van der Waals surface area (Å²) >= 11 is 1.76. The molecule has 0 unspecified atom stereocenters. The zero-order valence-corrected chi connectivity index (χ0v) is 14.6. The van der Waals surface area contributed by atoms with E-state index in [1.54, 1.807) is 25.4 Å². The number of amides is 1. The molecule has 0 spiro atoms. The van der Waals surface area contributed by atoms with Crippen LogP contribution < -0.4 is 10.6 Å². The molecule has 0 aromatic carbocycles. The molecule has 2 N–H and O–H groups in total. The number of hydrogen-bond acceptors (Lipinski definition) is 3. The second-order valence-electron chi connectivity index (χ2n) is 3.82. The Kier molecular flexibility index (Phi) is 9.58. The number of nitrogens with zero attached hydrogens (tertiary/aromatic N) is 2. The molecule has 108 valence electrons. The number of carbonyl (C=O) groups is 1. The summed E-state index contributed by atoms with van der Waals surface area (Å²) in [5.74, 6) is 0.679. The van der Waals surface area contributed by atoms with Crippen LogP contribution in [0.5, 0.6) is 0 Å². The van der Waals surface area contributed by atoms with Crippen LogP contribution >= 0.6 is 35.3 Å². The fourth-order valence-corrected chi connectivity index (χ4v) is 2.17. The molecular formula is C12H21IN4OS. The van der Waals surface area contributed by atoms with E-state index in [1.165, 1.54) is 4.88 Å². The minimum absolute atomic E-state index is 0. The third-order valence-corrected chi connectivity index (χ3v) is 3.47. The molecule has 0 aliphatic rings. The molecule has 0 radical (unpaired) electrons. The van der Waals surface area contributed by atoms with Gasteiger partial charge in [0.1, 0.15) is 0 Å². The van der Waals surface area contributed by atoms with Crippen LogP contribution in [0, 0.1) is 0 Å². The van der Waals surface area contributed by atoms with Crippen molar-refractivity contribution in [3.05, 3.63) is 22.4 Å². The Balaban J connectivity index is 0.00000324. The van der Waals surface area contributed by atoms with Crippen molar-refractivity contribution in [1.29, 1.82) is 0 Å². The third-order valence-electron chi connectivity index (χ3n) is 2.53. The molecule has 7 heteroatoms. The van der Waals surface area contributed by atoms with E-state index in [-0.39, 0.29) is 36.4 Å². The summed E-state index contributed by atoms with van der Waals surface area (Å²) in [6, 6.07) is 4.18. The maximum Gasteiger partial charge on any atom is 0.239 e. The fourth-order valence-electron chi connectivity index (χ4n) is 1.47. The van der Waals surface area contributed by atoms with E-state index in [0.717, 1.165) is 18.9 Å². The van der Waals surface area contributed by atoms with Crippen LogP contribution in [0.15, 0.2) is 22.5 Å². The summed E-state index contributed by atoms with van der Waals surface area (Å²) < 4.78 is 0. The lowest BCUT2D eigenvalue weighted by molar-refractivity contribution is -0.119. The Bertz CT molecular complexity index is 394. The number of halogens is 1. The fraction of sp³-hybridized carbons (Fsp3) is 0.500. The topological polar surface area (TPSA) is 56.7 Å². The first-order chi connectivity index (χ1) is 8.67. The van der Waals surface area contributed by atoms with Crippen molar-refractivity contribution >= 4 is 47.2 Å². The predicted octanol–water partition coefficient (Wildman–Crippen LogP) is 1.16. The van der Waals surface area contributed by atoms with Gasteiger partial charge in [0.25, 0.3) is 0 Å². The Hall–Kier alpha value is -0.830. The summed E-state index contributed by atoms with van der Waals surface area (Å²) in [7, 11) is 5.30. The zero-order chi connectivity index (χ0) is 13.4. The normalized spacial score (nSPS) is 10.6. The summed E-state index contributed by atoms with van der Waals surface area (Å²) in [4.78, 5) is 18.7. The monoisotopic (exact) mass is 396 g/mol. The highest BCUT2D eigenvalue weighted by atomic mass is 127. The molecule has 0 saturated carbocycles. The second-order valence-corrected chi connectivity index (χ2v) is 4.86. The molecule has 0 bridgehead atoms. The van der Waals surface area contributed by atoms with Crippen molar-refractivity contribution in [3.63, 3.8) is 0 Å². The van der Waals surface area contributed by atoms with Crippen molar-refractivity contribution in [2.24, 2.45) is 4.99 Å². The number of rotatable bonds is 5. The maximum absolute atomic E-state index is 11.2. The van der Waals surface area contributed by atoms with Gasteiger partial charge in [0.05, 0.1) is 6.54 Å². The Labute approximate surface area is 135 Å². The van der Waals surface area contributed by atoms with E-state index in [0.29, 0.717) is 0 Å². The molecule has 0 saturated heterocycles. The van der Waals surface area contributed by atoms with E-state index in [2.05, 4.69) is 33.1 Å². The zero-order valence-electron chi connectivity index (χ0n) is 11.5. The lowest BCUT2D eigenvalue weighted by Gasteiger charge is -2.21. The summed E-state index contributed by atoms with van der Waals surface area (Å²) in [6.45, 7) is 1.11. The molecule has 1 heterocycles. The molecule has 1 aromatic rings. The Morgan fingerprint density at radius 3 is 2.79 bits per heavy atom. The highest BCUT2D eigenvalue weighted by molar-refractivity contribution is 14.0. The van der Waals surface area contributed by atoms with Crippen LogP contribution in [0.1, 0.15) is 4.88 Å². The summed E-state index contributed by atoms with van der Waals surface area (Å²) in [6.07, 6.45) is 0.981. The number of carbonyl (C=O) groups excluding carboxylic acids is 1. The van der Waals surface area contributed by atoms with E-state index in [4.69, 9.17) is 0 Å². The molecule has 0 aliphatic heterocycles. The van der Waals surface area contributed by atoms with Gasteiger partial charge in [-0.3, -0.25) is 9.79 Å². The molecule has 1 amide bonds. The van der Waals surface area contributed by atoms with Gasteiger partial charge in [-0.15, -0.1) is 35.3 Å². The summed E-state index contributed by atoms with van der Waals surface area (Å²) in [5.41, 5.74) is 0. The number of likely N-dealkylation sites (N-methyl/N-ethyl adjacent to an activating group) is 2. The first-order valence-corrected chi connectivity index (χ1v) is 6.70.